The Hall–Kier alpha value is -3.80. The van der Waals surface area contributed by atoms with Crippen LogP contribution in [0.1, 0.15) is 53.2 Å². The number of nitriles is 1. The second kappa shape index (κ2) is 11.3. The lowest BCUT2D eigenvalue weighted by Gasteiger charge is -2.31. The van der Waals surface area contributed by atoms with Crippen LogP contribution < -0.4 is 5.56 Å². The van der Waals surface area contributed by atoms with Crippen molar-refractivity contribution in [2.75, 3.05) is 13.1 Å². The topological polar surface area (TPSA) is 105 Å². The molecule has 0 N–H and O–H groups in total. The van der Waals surface area contributed by atoms with Gasteiger partial charge in [0.2, 0.25) is 0 Å². The Morgan fingerprint density at radius 3 is 2.58 bits per heavy atom. The first-order valence-electron chi connectivity index (χ1n) is 11.7. The van der Waals surface area contributed by atoms with Crippen LogP contribution in [-0.2, 0) is 6.54 Å². The summed E-state index contributed by atoms with van der Waals surface area (Å²) in [5, 5.41) is 14.1. The normalized spacial score (nSPS) is 12.1. The lowest BCUT2D eigenvalue weighted by Crippen LogP contribution is -2.38. The average Bonchev–Trinajstić information content (AvgIpc) is 3.26. The van der Waals surface area contributed by atoms with Gasteiger partial charge >= 0.3 is 0 Å². The molecule has 2 heterocycles. The molecule has 8 nitrogen and oxygen atoms in total. The molecule has 0 saturated carbocycles. The van der Waals surface area contributed by atoms with Crippen LogP contribution in [0.15, 0.2) is 63.9 Å². The van der Waals surface area contributed by atoms with E-state index < -0.39 is 6.04 Å². The summed E-state index contributed by atoms with van der Waals surface area (Å²) in [5.41, 5.74) is 1.85. The molecule has 9 heteroatoms. The van der Waals surface area contributed by atoms with Crippen LogP contribution in [0.25, 0.3) is 11.1 Å². The highest BCUT2D eigenvalue weighted by atomic mass is 35.5. The van der Waals surface area contributed by atoms with E-state index in [0.717, 1.165) is 5.56 Å². The van der Waals surface area contributed by atoms with Crippen molar-refractivity contribution in [3.05, 3.63) is 92.6 Å². The fourth-order valence-electron chi connectivity index (χ4n) is 4.31. The second-order valence-corrected chi connectivity index (χ2v) is 8.96. The first-order valence-corrected chi connectivity index (χ1v) is 12.1. The van der Waals surface area contributed by atoms with Gasteiger partial charge in [-0.1, -0.05) is 54.0 Å². The van der Waals surface area contributed by atoms with Crippen LogP contribution in [0, 0.1) is 18.3 Å². The molecule has 0 aliphatic carbocycles. The highest BCUT2D eigenvalue weighted by molar-refractivity contribution is 6.30. The quantitative estimate of drug-likeness (QED) is 0.282. The zero-order valence-electron chi connectivity index (χ0n) is 20.1. The van der Waals surface area contributed by atoms with Gasteiger partial charge in [-0.05, 0) is 43.2 Å². The van der Waals surface area contributed by atoms with Crippen molar-refractivity contribution in [2.45, 2.75) is 39.3 Å². The molecule has 0 saturated heterocycles. The van der Waals surface area contributed by atoms with Crippen LogP contribution in [0.4, 0.5) is 0 Å². The van der Waals surface area contributed by atoms with Gasteiger partial charge in [0.05, 0.1) is 30.9 Å². The Morgan fingerprint density at radius 2 is 1.92 bits per heavy atom. The number of aromatic nitrogens is 3. The van der Waals surface area contributed by atoms with Crippen LogP contribution >= 0.6 is 11.6 Å². The number of benzene rings is 2. The van der Waals surface area contributed by atoms with E-state index in [4.69, 9.17) is 21.1 Å². The third kappa shape index (κ3) is 5.38. The van der Waals surface area contributed by atoms with Crippen molar-refractivity contribution in [1.29, 1.82) is 5.26 Å². The van der Waals surface area contributed by atoms with Gasteiger partial charge in [-0.3, -0.25) is 19.1 Å². The monoisotopic (exact) mass is 503 g/mol. The van der Waals surface area contributed by atoms with Gasteiger partial charge in [-0.15, -0.1) is 0 Å². The summed E-state index contributed by atoms with van der Waals surface area (Å²) in [6, 6.07) is 18.1. The number of hydrogen-bond acceptors (Lipinski definition) is 7. The van der Waals surface area contributed by atoms with E-state index in [1.54, 1.807) is 35.8 Å². The number of hydrogen-bond donors (Lipinski definition) is 0. The molecule has 36 heavy (non-hydrogen) atoms. The van der Waals surface area contributed by atoms with Gasteiger partial charge in [0, 0.05) is 23.6 Å². The average molecular weight is 504 g/mol. The smallest absolute Gasteiger partial charge is 0.267 e. The highest BCUT2D eigenvalue weighted by Gasteiger charge is 2.28. The van der Waals surface area contributed by atoms with E-state index in [-0.39, 0.29) is 30.0 Å². The lowest BCUT2D eigenvalue weighted by molar-refractivity contribution is 0.0881. The number of rotatable bonds is 10. The zero-order valence-corrected chi connectivity index (χ0v) is 20.9. The molecule has 0 spiro atoms. The minimum atomic E-state index is -0.416. The Kier molecular flexibility index (Phi) is 7.93. The van der Waals surface area contributed by atoms with Gasteiger partial charge in [-0.25, -0.2) is 0 Å². The van der Waals surface area contributed by atoms with E-state index in [0.29, 0.717) is 47.0 Å². The van der Waals surface area contributed by atoms with Crippen molar-refractivity contribution in [3.8, 4) is 6.07 Å². The Balaban J connectivity index is 1.79. The molecule has 1 unspecified atom stereocenters. The highest BCUT2D eigenvalue weighted by Crippen LogP contribution is 2.26. The largest absolute Gasteiger partial charge is 0.335 e. The summed E-state index contributed by atoms with van der Waals surface area (Å²) in [7, 11) is 0. The van der Waals surface area contributed by atoms with Crippen molar-refractivity contribution in [2.24, 2.45) is 0 Å². The fraction of sp³-hybridized carbons (Fsp3) is 0.296. The molecule has 1 atom stereocenters. The zero-order chi connectivity index (χ0) is 25.7. The summed E-state index contributed by atoms with van der Waals surface area (Å²) in [6.45, 7) is 4.37. The minimum Gasteiger partial charge on any atom is -0.335 e. The maximum Gasteiger partial charge on any atom is 0.267 e. The molecular formula is C27H26ClN5O3. The number of halogens is 1. The second-order valence-electron chi connectivity index (χ2n) is 8.53. The molecule has 0 aliphatic heterocycles. The summed E-state index contributed by atoms with van der Waals surface area (Å²) in [6.07, 6.45) is 0.774. The third-order valence-corrected chi connectivity index (χ3v) is 6.38. The first kappa shape index (κ1) is 25.3. The Bertz CT molecular complexity index is 1460. The van der Waals surface area contributed by atoms with Gasteiger partial charge in [-0.2, -0.15) is 10.2 Å². The fourth-order valence-corrected chi connectivity index (χ4v) is 4.44. The molecular weight excluding hydrogens is 478 g/mol. The van der Waals surface area contributed by atoms with E-state index >= 15 is 0 Å². The van der Waals surface area contributed by atoms with Crippen molar-refractivity contribution in [1.82, 2.24) is 19.6 Å². The molecule has 4 aromatic rings. The Morgan fingerprint density at radius 1 is 1.19 bits per heavy atom. The SMILES string of the molecule is CCC(c1nc2onc(C)c2c(=O)n1Cc1ccccc1)N(CCC#N)CC(=O)c1ccc(Cl)cc1. The summed E-state index contributed by atoms with van der Waals surface area (Å²) in [5.74, 6) is 0.355. The van der Waals surface area contributed by atoms with Crippen LogP contribution in [0.5, 0.6) is 0 Å². The predicted molar refractivity (Wildman–Crippen MR) is 137 cm³/mol. The van der Waals surface area contributed by atoms with Crippen molar-refractivity contribution >= 4 is 28.5 Å². The van der Waals surface area contributed by atoms with Crippen LogP contribution in [0.2, 0.25) is 5.02 Å². The van der Waals surface area contributed by atoms with Crippen molar-refractivity contribution < 1.29 is 9.32 Å². The molecule has 4 rings (SSSR count). The minimum absolute atomic E-state index is 0.0521. The molecule has 0 amide bonds. The molecule has 2 aromatic heterocycles. The van der Waals surface area contributed by atoms with E-state index in [2.05, 4.69) is 11.2 Å². The predicted octanol–water partition coefficient (Wildman–Crippen LogP) is 4.94. The molecule has 0 fully saturated rings. The molecule has 184 valence electrons. The number of fused-ring (bicyclic) bond motifs is 1. The summed E-state index contributed by atoms with van der Waals surface area (Å²) >= 11 is 5.98. The van der Waals surface area contributed by atoms with Crippen LogP contribution in [0.3, 0.4) is 0 Å². The maximum atomic E-state index is 13.6. The molecule has 0 bridgehead atoms. The van der Waals surface area contributed by atoms with E-state index in [1.807, 2.05) is 42.2 Å². The summed E-state index contributed by atoms with van der Waals surface area (Å²) in [4.78, 5) is 33.4. The standard InChI is InChI=1S/C27H26ClN5O3/c1-3-22(32(15-7-14-29)17-23(34)20-10-12-21(28)13-11-20)25-30-26-24(18(2)31-36-26)27(35)33(25)16-19-8-5-4-6-9-19/h4-6,8-13,22H,3,7,15-17H2,1-2H3. The molecule has 2 aromatic carbocycles. The van der Waals surface area contributed by atoms with Crippen LogP contribution in [-0.4, -0.2) is 38.5 Å². The molecule has 0 aliphatic rings. The van der Waals surface area contributed by atoms with Gasteiger partial charge in [0.25, 0.3) is 11.3 Å². The number of aryl methyl sites for hydroxylation is 1. The summed E-state index contributed by atoms with van der Waals surface area (Å²) < 4.78 is 6.99. The number of Topliss-reactive ketones (excluding diaryl/α,β-unsaturated/α-hetero) is 1. The first-order chi connectivity index (χ1) is 17.4. The van der Waals surface area contributed by atoms with Gasteiger partial charge in [0.1, 0.15) is 11.2 Å². The maximum absolute atomic E-state index is 13.6. The number of carbonyl (C=O) groups is 1. The molecule has 0 radical (unpaired) electrons. The number of carbonyl (C=O) groups excluding carboxylic acids is 1. The van der Waals surface area contributed by atoms with E-state index in [9.17, 15) is 14.9 Å². The number of ketones is 1. The number of nitrogens with zero attached hydrogens (tertiary/aromatic N) is 5. The van der Waals surface area contributed by atoms with E-state index in [1.165, 1.54) is 0 Å². The lowest BCUT2D eigenvalue weighted by atomic mass is 10.1. The van der Waals surface area contributed by atoms with Gasteiger partial charge in [0.15, 0.2) is 5.78 Å². The third-order valence-electron chi connectivity index (χ3n) is 6.13. The Labute approximate surface area is 213 Å². The van der Waals surface area contributed by atoms with Gasteiger partial charge < -0.3 is 4.52 Å². The van der Waals surface area contributed by atoms with Crippen molar-refractivity contribution in [3.63, 3.8) is 0 Å².